The molecule has 0 aromatic carbocycles. The molecule has 0 amide bonds. The molecule has 0 aromatic heterocycles. The highest BCUT2D eigenvalue weighted by Crippen LogP contribution is 2.22. The normalized spacial score (nSPS) is 39.5. The second-order valence-electron chi connectivity index (χ2n) is 1.61. The van der Waals surface area contributed by atoms with Crippen LogP contribution in [0.2, 0.25) is 0 Å². The fourth-order valence-corrected chi connectivity index (χ4v) is 0.272. The van der Waals surface area contributed by atoms with E-state index in [0.717, 1.165) is 0 Å². The smallest absolute Gasteiger partial charge is 0.197 e. The molecule has 1 aliphatic heterocycles. The van der Waals surface area contributed by atoms with Crippen molar-refractivity contribution in [1.29, 1.82) is 0 Å². The Balaban J connectivity index is 2.41. The lowest BCUT2D eigenvalue weighted by Crippen LogP contribution is -2.36. The van der Waals surface area contributed by atoms with Crippen LogP contribution < -0.4 is 11.5 Å². The molecule has 6 heavy (non-hydrogen) atoms. The molecule has 0 saturated carbocycles. The molecule has 3 nitrogen and oxygen atoms in total. The summed E-state index contributed by atoms with van der Waals surface area (Å²) < 4.78 is 4.66. The lowest BCUT2D eigenvalue weighted by molar-refractivity contribution is 0.307. The molecule has 1 atom stereocenters. The minimum atomic E-state index is -0.792. The number of rotatable bonds is 0. The van der Waals surface area contributed by atoms with Crippen LogP contribution in [0.4, 0.5) is 0 Å². The van der Waals surface area contributed by atoms with Gasteiger partial charge in [-0.25, -0.2) is 0 Å². The number of nitrogens with two attached hydrogens (primary N) is 2. The Kier molecular flexibility index (Phi) is 0.508. The van der Waals surface area contributed by atoms with Crippen molar-refractivity contribution in [1.82, 2.24) is 0 Å². The van der Waals surface area contributed by atoms with Crippen LogP contribution in [0.1, 0.15) is 6.92 Å². The summed E-state index contributed by atoms with van der Waals surface area (Å²) in [6, 6.07) is 0. The van der Waals surface area contributed by atoms with Gasteiger partial charge in [-0.05, 0) is 6.92 Å². The molecule has 1 unspecified atom stereocenters. The number of hydrogen-bond donors (Lipinski definition) is 2. The Hall–Kier alpha value is -0.120. The van der Waals surface area contributed by atoms with Gasteiger partial charge in [0.25, 0.3) is 0 Å². The third kappa shape index (κ3) is 0.408. The van der Waals surface area contributed by atoms with Gasteiger partial charge in [0.2, 0.25) is 0 Å². The molecule has 36 valence electrons. The van der Waals surface area contributed by atoms with E-state index in [1.54, 1.807) is 0 Å². The largest absolute Gasteiger partial charge is 0.336 e. The summed E-state index contributed by atoms with van der Waals surface area (Å²) >= 11 is 0. The standard InChI is InChI=1S/C3H8N2O/c1-2-3(4,5)6-2/h2H,4-5H2,1H3. The molecule has 0 aliphatic carbocycles. The van der Waals surface area contributed by atoms with Gasteiger partial charge in [0, 0.05) is 0 Å². The molecule has 1 heterocycles. The fraction of sp³-hybridized carbons (Fsp3) is 1.00. The van der Waals surface area contributed by atoms with Crippen molar-refractivity contribution in [2.24, 2.45) is 11.5 Å². The SMILES string of the molecule is CC1OC1(N)N. The van der Waals surface area contributed by atoms with Gasteiger partial charge >= 0.3 is 0 Å². The highest BCUT2D eigenvalue weighted by atomic mass is 16.6. The first-order valence-corrected chi connectivity index (χ1v) is 1.88. The van der Waals surface area contributed by atoms with Crippen LogP contribution in [0.15, 0.2) is 0 Å². The zero-order valence-corrected chi connectivity index (χ0v) is 3.64. The van der Waals surface area contributed by atoms with Gasteiger partial charge in [-0.3, -0.25) is 11.5 Å². The van der Waals surface area contributed by atoms with Gasteiger partial charge in [0.15, 0.2) is 5.85 Å². The van der Waals surface area contributed by atoms with Crippen LogP contribution in [0.3, 0.4) is 0 Å². The number of ether oxygens (including phenoxy) is 1. The van der Waals surface area contributed by atoms with Gasteiger partial charge in [-0.1, -0.05) is 0 Å². The monoisotopic (exact) mass is 88.1 g/mol. The van der Waals surface area contributed by atoms with Crippen molar-refractivity contribution in [3.8, 4) is 0 Å². The summed E-state index contributed by atoms with van der Waals surface area (Å²) in [6.45, 7) is 1.83. The summed E-state index contributed by atoms with van der Waals surface area (Å²) in [5.41, 5.74) is 10.3. The molecule has 4 N–H and O–H groups in total. The maximum Gasteiger partial charge on any atom is 0.197 e. The maximum absolute atomic E-state index is 5.16. The van der Waals surface area contributed by atoms with Gasteiger partial charge < -0.3 is 4.74 Å². The molecule has 0 spiro atoms. The quantitative estimate of drug-likeness (QED) is 0.294. The zero-order chi connectivity index (χ0) is 4.78. The van der Waals surface area contributed by atoms with Crippen molar-refractivity contribution < 1.29 is 4.74 Å². The Morgan fingerprint density at radius 1 is 1.67 bits per heavy atom. The van der Waals surface area contributed by atoms with E-state index in [-0.39, 0.29) is 6.10 Å². The first-order valence-electron chi connectivity index (χ1n) is 1.88. The second-order valence-corrected chi connectivity index (χ2v) is 1.61. The Bertz CT molecular complexity index is 71.2. The van der Waals surface area contributed by atoms with Crippen molar-refractivity contribution in [2.75, 3.05) is 0 Å². The predicted octanol–water partition coefficient (Wildman–Crippen LogP) is -1.02. The zero-order valence-electron chi connectivity index (χ0n) is 3.64. The maximum atomic E-state index is 5.16. The van der Waals surface area contributed by atoms with Crippen molar-refractivity contribution in [3.63, 3.8) is 0 Å². The summed E-state index contributed by atoms with van der Waals surface area (Å²) in [4.78, 5) is 0. The Labute approximate surface area is 36.3 Å². The average molecular weight is 88.1 g/mol. The van der Waals surface area contributed by atoms with E-state index in [2.05, 4.69) is 4.74 Å². The molecule has 0 bridgehead atoms. The van der Waals surface area contributed by atoms with E-state index < -0.39 is 5.85 Å². The molecule has 1 saturated heterocycles. The van der Waals surface area contributed by atoms with Crippen molar-refractivity contribution in [2.45, 2.75) is 18.9 Å². The van der Waals surface area contributed by atoms with Crippen LogP contribution in [-0.2, 0) is 4.74 Å². The predicted molar refractivity (Wildman–Crippen MR) is 21.7 cm³/mol. The van der Waals surface area contributed by atoms with Gasteiger partial charge in [-0.2, -0.15) is 0 Å². The molecule has 3 heteroatoms. The highest BCUT2D eigenvalue weighted by molar-refractivity contribution is 4.87. The van der Waals surface area contributed by atoms with E-state index >= 15 is 0 Å². The minimum Gasteiger partial charge on any atom is -0.336 e. The van der Waals surface area contributed by atoms with Crippen LogP contribution in [0.5, 0.6) is 0 Å². The van der Waals surface area contributed by atoms with Crippen molar-refractivity contribution in [3.05, 3.63) is 0 Å². The Morgan fingerprint density at radius 3 is 1.83 bits per heavy atom. The van der Waals surface area contributed by atoms with E-state index in [4.69, 9.17) is 11.5 Å². The van der Waals surface area contributed by atoms with Gasteiger partial charge in [0.05, 0.1) is 0 Å². The first-order chi connectivity index (χ1) is 2.63. The number of epoxide rings is 1. The third-order valence-corrected chi connectivity index (χ3v) is 0.959. The molecule has 1 aliphatic rings. The van der Waals surface area contributed by atoms with Crippen molar-refractivity contribution >= 4 is 0 Å². The average Bonchev–Trinajstić information content (AvgIpc) is 1.73. The van der Waals surface area contributed by atoms with E-state index in [1.807, 2.05) is 6.92 Å². The molecule has 1 rings (SSSR count). The molecular weight excluding hydrogens is 80.0 g/mol. The lowest BCUT2D eigenvalue weighted by Gasteiger charge is -1.87. The van der Waals surface area contributed by atoms with E-state index in [0.29, 0.717) is 0 Å². The number of hydrogen-bond acceptors (Lipinski definition) is 3. The van der Waals surface area contributed by atoms with Crippen LogP contribution >= 0.6 is 0 Å². The van der Waals surface area contributed by atoms with Crippen LogP contribution in [0, 0.1) is 0 Å². The molecule has 1 fully saturated rings. The lowest BCUT2D eigenvalue weighted by atomic mass is 10.4. The summed E-state index contributed by atoms with van der Waals surface area (Å²) in [6.07, 6.45) is 0.0532. The van der Waals surface area contributed by atoms with E-state index in [9.17, 15) is 0 Å². The highest BCUT2D eigenvalue weighted by Gasteiger charge is 2.46. The van der Waals surface area contributed by atoms with Crippen LogP contribution in [0.25, 0.3) is 0 Å². The van der Waals surface area contributed by atoms with Gasteiger partial charge in [-0.15, -0.1) is 0 Å². The summed E-state index contributed by atoms with van der Waals surface area (Å²) in [5, 5.41) is 0. The summed E-state index contributed by atoms with van der Waals surface area (Å²) in [7, 11) is 0. The summed E-state index contributed by atoms with van der Waals surface area (Å²) in [5.74, 6) is -0.792. The van der Waals surface area contributed by atoms with Gasteiger partial charge in [0.1, 0.15) is 6.10 Å². The Morgan fingerprint density at radius 2 is 1.83 bits per heavy atom. The molecular formula is C3H8N2O. The third-order valence-electron chi connectivity index (χ3n) is 0.959. The molecule has 0 radical (unpaired) electrons. The topological polar surface area (TPSA) is 64.6 Å². The van der Waals surface area contributed by atoms with E-state index in [1.165, 1.54) is 0 Å². The second kappa shape index (κ2) is 0.753. The minimum absolute atomic E-state index is 0.0532. The van der Waals surface area contributed by atoms with Crippen LogP contribution in [-0.4, -0.2) is 12.0 Å². The fourth-order valence-electron chi connectivity index (χ4n) is 0.272. The molecule has 0 aromatic rings. The first kappa shape index (κ1) is 4.05.